The quantitative estimate of drug-likeness (QED) is 0.260. The minimum atomic E-state index is -0.395. The summed E-state index contributed by atoms with van der Waals surface area (Å²) in [5, 5.41) is 7.00. The SMILES string of the molecule is CC1=C(C)N=CC1.CCOC(=O)c1nc(C)c(C)n1C.CO.COC(=O)c1nc(C)c(C)n1C.Cc1nc(C)n(C)c1C.Cc1ncn(C)c1C. The predicted molar refractivity (Wildman–Crippen MR) is 202 cm³/mol. The maximum atomic E-state index is 11.3. The number of hydrogen-bond donors (Lipinski definition) is 1. The van der Waals surface area contributed by atoms with Crippen molar-refractivity contribution >= 4 is 18.2 Å². The summed E-state index contributed by atoms with van der Waals surface area (Å²) in [5.74, 6) is 1.06. The van der Waals surface area contributed by atoms with E-state index in [1.165, 1.54) is 29.8 Å². The number of imidazole rings is 4. The van der Waals surface area contributed by atoms with Gasteiger partial charge >= 0.3 is 11.9 Å². The highest BCUT2D eigenvalue weighted by molar-refractivity contribution is 5.86. The molecule has 14 nitrogen and oxygen atoms in total. The molecule has 0 amide bonds. The number of methoxy groups -OCH3 is 1. The third-order valence-electron chi connectivity index (χ3n) is 8.68. The highest BCUT2D eigenvalue weighted by Gasteiger charge is 2.16. The van der Waals surface area contributed by atoms with Gasteiger partial charge in [0.1, 0.15) is 5.82 Å². The van der Waals surface area contributed by atoms with E-state index in [2.05, 4.69) is 55.0 Å². The number of carbonyl (C=O) groups excluding carboxylic acids is 2. The molecule has 14 heteroatoms. The number of aryl methyl sites for hydroxylation is 6. The van der Waals surface area contributed by atoms with Gasteiger partial charge in [0.15, 0.2) is 0 Å². The Morgan fingerprint density at radius 2 is 1.14 bits per heavy atom. The lowest BCUT2D eigenvalue weighted by molar-refractivity contribution is 0.0506. The van der Waals surface area contributed by atoms with Crippen molar-refractivity contribution in [2.45, 2.75) is 89.5 Å². The number of esters is 2. The molecule has 1 N–H and O–H groups in total. The van der Waals surface area contributed by atoms with Crippen molar-refractivity contribution in [1.29, 1.82) is 0 Å². The minimum Gasteiger partial charge on any atom is -0.463 e. The summed E-state index contributed by atoms with van der Waals surface area (Å²) in [5.41, 5.74) is 11.0. The Morgan fingerprint density at radius 1 is 0.686 bits per heavy atom. The zero-order chi connectivity index (χ0) is 39.7. The van der Waals surface area contributed by atoms with E-state index in [4.69, 9.17) is 9.84 Å². The summed E-state index contributed by atoms with van der Waals surface area (Å²) >= 11 is 0. The van der Waals surface area contributed by atoms with Gasteiger partial charge in [-0.05, 0) is 88.7 Å². The number of aliphatic imine (C=N–C) groups is 1. The molecule has 0 aliphatic carbocycles. The van der Waals surface area contributed by atoms with Crippen molar-refractivity contribution in [3.63, 3.8) is 0 Å². The number of aromatic nitrogens is 8. The molecular formula is C37H61N9O5. The average Bonchev–Trinajstić information content (AvgIpc) is 3.85. The molecule has 284 valence electrons. The monoisotopic (exact) mass is 711 g/mol. The Kier molecular flexibility index (Phi) is 20.0. The molecule has 1 aliphatic heterocycles. The van der Waals surface area contributed by atoms with Crippen LogP contribution in [0.25, 0.3) is 0 Å². The van der Waals surface area contributed by atoms with Crippen LogP contribution in [-0.2, 0) is 37.7 Å². The van der Waals surface area contributed by atoms with Gasteiger partial charge in [-0.15, -0.1) is 0 Å². The maximum Gasteiger partial charge on any atom is 0.374 e. The first-order valence-electron chi connectivity index (χ1n) is 16.6. The molecule has 0 unspecified atom stereocenters. The van der Waals surface area contributed by atoms with Crippen LogP contribution in [0.1, 0.15) is 99.8 Å². The number of hydrogen-bond acceptors (Lipinski definition) is 10. The molecule has 51 heavy (non-hydrogen) atoms. The van der Waals surface area contributed by atoms with Crippen molar-refractivity contribution in [1.82, 2.24) is 38.2 Å². The molecule has 0 aromatic carbocycles. The number of carbonyl (C=O) groups is 2. The molecule has 5 rings (SSSR count). The van der Waals surface area contributed by atoms with Gasteiger partial charge in [0.2, 0.25) is 11.6 Å². The Balaban J connectivity index is 0.000000615. The number of rotatable bonds is 3. The molecule has 0 saturated heterocycles. The molecule has 0 bridgehead atoms. The molecule has 0 spiro atoms. The van der Waals surface area contributed by atoms with Gasteiger partial charge in [-0.1, -0.05) is 0 Å². The molecule has 4 aromatic rings. The smallest absolute Gasteiger partial charge is 0.374 e. The van der Waals surface area contributed by atoms with Gasteiger partial charge in [0.25, 0.3) is 0 Å². The largest absolute Gasteiger partial charge is 0.463 e. The van der Waals surface area contributed by atoms with Crippen LogP contribution in [0.15, 0.2) is 22.6 Å². The summed E-state index contributed by atoms with van der Waals surface area (Å²) in [6.07, 6.45) is 4.83. The maximum absolute atomic E-state index is 11.3. The lowest BCUT2D eigenvalue weighted by Crippen LogP contribution is -2.11. The van der Waals surface area contributed by atoms with Gasteiger partial charge < -0.3 is 32.8 Å². The van der Waals surface area contributed by atoms with Crippen LogP contribution in [0.3, 0.4) is 0 Å². The Hall–Kier alpha value is -4.85. The van der Waals surface area contributed by atoms with Crippen LogP contribution < -0.4 is 0 Å². The van der Waals surface area contributed by atoms with Gasteiger partial charge in [-0.3, -0.25) is 4.99 Å². The van der Waals surface area contributed by atoms with Crippen molar-refractivity contribution < 1.29 is 24.2 Å². The van der Waals surface area contributed by atoms with E-state index in [-0.39, 0.29) is 5.97 Å². The molecular weight excluding hydrogens is 650 g/mol. The van der Waals surface area contributed by atoms with E-state index >= 15 is 0 Å². The topological polar surface area (TPSA) is 156 Å². The van der Waals surface area contributed by atoms with Crippen molar-refractivity contribution in [2.75, 3.05) is 20.8 Å². The zero-order valence-electron chi connectivity index (χ0n) is 34.2. The molecule has 1 aliphatic rings. The lowest BCUT2D eigenvalue weighted by Gasteiger charge is -2.01. The number of aliphatic hydroxyl groups is 1. The zero-order valence-corrected chi connectivity index (χ0v) is 34.2. The molecule has 0 atom stereocenters. The van der Waals surface area contributed by atoms with Crippen molar-refractivity contribution in [2.24, 2.45) is 33.2 Å². The molecule has 0 fully saturated rings. The fraction of sp³-hybridized carbons (Fsp3) is 0.541. The van der Waals surface area contributed by atoms with E-state index in [0.717, 1.165) is 53.5 Å². The second kappa shape index (κ2) is 22.1. The molecule has 5 heterocycles. The Bertz CT molecular complexity index is 1740. The number of aliphatic hydroxyl groups excluding tert-OH is 1. The third kappa shape index (κ3) is 13.4. The fourth-order valence-electron chi connectivity index (χ4n) is 4.15. The first-order chi connectivity index (χ1) is 23.8. The van der Waals surface area contributed by atoms with Gasteiger partial charge in [-0.25, -0.2) is 29.5 Å². The number of nitrogens with zero attached hydrogens (tertiary/aromatic N) is 9. The molecule has 4 aromatic heterocycles. The number of allylic oxidation sites excluding steroid dienone is 2. The first kappa shape index (κ1) is 46.1. The normalized spacial score (nSPS) is 11.0. The minimum absolute atomic E-state index is 0.354. The van der Waals surface area contributed by atoms with E-state index in [0.29, 0.717) is 18.3 Å². The average molecular weight is 712 g/mol. The third-order valence-corrected chi connectivity index (χ3v) is 8.68. The van der Waals surface area contributed by atoms with E-state index < -0.39 is 5.97 Å². The lowest BCUT2D eigenvalue weighted by atomic mass is 10.2. The van der Waals surface area contributed by atoms with Crippen LogP contribution in [0.5, 0.6) is 0 Å². The van der Waals surface area contributed by atoms with Gasteiger partial charge in [0, 0.05) is 76.4 Å². The van der Waals surface area contributed by atoms with Crippen LogP contribution in [0.2, 0.25) is 0 Å². The van der Waals surface area contributed by atoms with Crippen LogP contribution in [0.4, 0.5) is 0 Å². The Morgan fingerprint density at radius 3 is 1.33 bits per heavy atom. The summed E-state index contributed by atoms with van der Waals surface area (Å²) < 4.78 is 17.0. The summed E-state index contributed by atoms with van der Waals surface area (Å²) in [6, 6.07) is 0. The predicted octanol–water partition coefficient (Wildman–Crippen LogP) is 5.78. The molecule has 0 saturated carbocycles. The summed E-state index contributed by atoms with van der Waals surface area (Å²) in [6.45, 7) is 24.1. The van der Waals surface area contributed by atoms with Gasteiger partial charge in [0.05, 0.1) is 42.8 Å². The first-order valence-corrected chi connectivity index (χ1v) is 16.6. The fourth-order valence-corrected chi connectivity index (χ4v) is 4.15. The number of ether oxygens (including phenoxy) is 2. The summed E-state index contributed by atoms with van der Waals surface area (Å²) in [4.78, 5) is 43.0. The highest BCUT2D eigenvalue weighted by atomic mass is 16.5. The molecule has 0 radical (unpaired) electrons. The standard InChI is InChI=1S/C9H14N2O2.C8H12N2O2.C7H12N2.C6H10N2.C6H9N.CH4O/c1-5-13-9(12)8-10-6(2)7(3)11(8)4;1-5-6(2)10(3)7(9-5)8(11)12-4;1-5-6(2)9(4)7(3)8-5;1-5-6(2)8(3)4-7-5;1-5-3-4-7-6(5)2;1-2/h5H2,1-4H3;1-4H3;1-4H3;4H,1-3H3;4H,3H2,1-2H3;2H,1H3. The second-order valence-electron chi connectivity index (χ2n) is 11.8. The van der Waals surface area contributed by atoms with E-state index in [9.17, 15) is 9.59 Å². The van der Waals surface area contributed by atoms with Crippen LogP contribution >= 0.6 is 0 Å². The Labute approximate surface area is 304 Å². The summed E-state index contributed by atoms with van der Waals surface area (Å²) in [7, 11) is 9.98. The van der Waals surface area contributed by atoms with Crippen molar-refractivity contribution in [3.8, 4) is 0 Å². The van der Waals surface area contributed by atoms with E-state index in [1.54, 1.807) is 23.1 Å². The van der Waals surface area contributed by atoms with Crippen molar-refractivity contribution in [3.05, 3.63) is 80.6 Å². The van der Waals surface area contributed by atoms with Crippen LogP contribution in [-0.4, -0.2) is 82.3 Å². The highest BCUT2D eigenvalue weighted by Crippen LogP contribution is 2.13. The van der Waals surface area contributed by atoms with E-state index in [1.807, 2.05) is 93.6 Å². The van der Waals surface area contributed by atoms with Gasteiger partial charge in [-0.2, -0.15) is 0 Å². The second-order valence-corrected chi connectivity index (χ2v) is 11.8. The van der Waals surface area contributed by atoms with Crippen LogP contribution in [0, 0.1) is 62.3 Å².